The molecule has 0 saturated heterocycles. The summed E-state index contributed by atoms with van der Waals surface area (Å²) < 4.78 is 0.839. The summed E-state index contributed by atoms with van der Waals surface area (Å²) in [5, 5.41) is 0. The van der Waals surface area contributed by atoms with Crippen LogP contribution in [-0.4, -0.2) is 22.2 Å². The molecule has 1 aliphatic rings. The molecular formula is C13H18Br3NO. The fourth-order valence-corrected chi connectivity index (χ4v) is 3.32. The molecular weight excluding hydrogens is 426 g/mol. The lowest BCUT2D eigenvalue weighted by atomic mass is 10.1. The van der Waals surface area contributed by atoms with Crippen molar-refractivity contribution in [3.8, 4) is 0 Å². The Morgan fingerprint density at radius 3 is 2.50 bits per heavy atom. The monoisotopic (exact) mass is 441 g/mol. The SMILES string of the molecule is CCCCN1C(=O)C(C(Br)CCC)=CC1=C(Br)Br. The molecule has 1 atom stereocenters. The summed E-state index contributed by atoms with van der Waals surface area (Å²) in [6.07, 6.45) is 6.12. The Hall–Kier alpha value is 0.390. The zero-order chi connectivity index (χ0) is 13.7. The Labute approximate surface area is 134 Å². The largest absolute Gasteiger partial charge is 0.307 e. The third-order valence-corrected chi connectivity index (χ3v) is 4.65. The molecule has 0 aromatic heterocycles. The smallest absolute Gasteiger partial charge is 0.255 e. The van der Waals surface area contributed by atoms with Crippen LogP contribution in [0.15, 0.2) is 20.7 Å². The second-order valence-corrected chi connectivity index (χ2v) is 8.07. The minimum Gasteiger partial charge on any atom is -0.307 e. The molecule has 2 nitrogen and oxygen atoms in total. The second kappa shape index (κ2) is 7.85. The molecule has 0 fully saturated rings. The van der Waals surface area contributed by atoms with Crippen molar-refractivity contribution >= 4 is 53.7 Å². The summed E-state index contributed by atoms with van der Waals surface area (Å²) >= 11 is 10.4. The van der Waals surface area contributed by atoms with Gasteiger partial charge in [0.1, 0.15) is 0 Å². The normalized spacial score (nSPS) is 17.2. The maximum atomic E-state index is 12.4. The molecule has 1 rings (SSSR count). The van der Waals surface area contributed by atoms with E-state index in [0.717, 1.165) is 46.9 Å². The fraction of sp³-hybridized carbons (Fsp3) is 0.615. The van der Waals surface area contributed by atoms with Crippen LogP contribution in [0.25, 0.3) is 0 Å². The van der Waals surface area contributed by atoms with Gasteiger partial charge >= 0.3 is 0 Å². The molecule has 0 aliphatic carbocycles. The first-order valence-electron chi connectivity index (χ1n) is 6.25. The van der Waals surface area contributed by atoms with Crippen molar-refractivity contribution in [3.63, 3.8) is 0 Å². The van der Waals surface area contributed by atoms with E-state index < -0.39 is 0 Å². The van der Waals surface area contributed by atoms with Crippen LogP contribution >= 0.6 is 47.8 Å². The van der Waals surface area contributed by atoms with E-state index in [1.54, 1.807) is 0 Å². The highest BCUT2D eigenvalue weighted by Crippen LogP contribution is 2.34. The van der Waals surface area contributed by atoms with Crippen LogP contribution in [0.2, 0.25) is 0 Å². The van der Waals surface area contributed by atoms with E-state index in [1.165, 1.54) is 0 Å². The maximum absolute atomic E-state index is 12.4. The van der Waals surface area contributed by atoms with Crippen molar-refractivity contribution in [2.75, 3.05) is 6.54 Å². The molecule has 0 N–H and O–H groups in total. The van der Waals surface area contributed by atoms with Gasteiger partial charge in [-0.3, -0.25) is 4.79 Å². The molecule has 1 amide bonds. The minimum absolute atomic E-state index is 0.130. The molecule has 0 radical (unpaired) electrons. The van der Waals surface area contributed by atoms with Crippen LogP contribution in [0.1, 0.15) is 39.5 Å². The van der Waals surface area contributed by atoms with E-state index >= 15 is 0 Å². The number of halogens is 3. The molecule has 18 heavy (non-hydrogen) atoms. The third-order valence-electron chi connectivity index (χ3n) is 2.88. The molecule has 1 unspecified atom stereocenters. The molecule has 0 aromatic rings. The summed E-state index contributed by atoms with van der Waals surface area (Å²) in [6, 6.07) is 0. The van der Waals surface area contributed by atoms with Gasteiger partial charge in [0, 0.05) is 16.9 Å². The van der Waals surface area contributed by atoms with Gasteiger partial charge in [-0.25, -0.2) is 0 Å². The highest BCUT2D eigenvalue weighted by atomic mass is 79.9. The molecule has 0 aromatic carbocycles. The summed E-state index contributed by atoms with van der Waals surface area (Å²) in [5.74, 6) is 0.130. The van der Waals surface area contributed by atoms with Gasteiger partial charge in [0.05, 0.1) is 9.09 Å². The van der Waals surface area contributed by atoms with Crippen molar-refractivity contribution in [1.82, 2.24) is 4.90 Å². The number of alkyl halides is 1. The summed E-state index contributed by atoms with van der Waals surface area (Å²) in [4.78, 5) is 14.4. The second-order valence-electron chi connectivity index (χ2n) is 4.31. The zero-order valence-corrected chi connectivity index (χ0v) is 15.4. The topological polar surface area (TPSA) is 20.3 Å². The third kappa shape index (κ3) is 3.94. The molecule has 0 spiro atoms. The predicted molar refractivity (Wildman–Crippen MR) is 87.2 cm³/mol. The number of unbranched alkanes of at least 4 members (excludes halogenated alkanes) is 1. The molecule has 1 heterocycles. The average Bonchev–Trinajstić information content (AvgIpc) is 2.64. The molecule has 0 bridgehead atoms. The number of carbonyl (C=O) groups is 1. The summed E-state index contributed by atoms with van der Waals surface area (Å²) in [7, 11) is 0. The van der Waals surface area contributed by atoms with Gasteiger partial charge in [-0.2, -0.15) is 0 Å². The van der Waals surface area contributed by atoms with Gasteiger partial charge in [-0.15, -0.1) is 0 Å². The van der Waals surface area contributed by atoms with Crippen LogP contribution in [-0.2, 0) is 4.79 Å². The van der Waals surface area contributed by atoms with Crippen molar-refractivity contribution < 1.29 is 4.79 Å². The first kappa shape index (κ1) is 16.4. The fourth-order valence-electron chi connectivity index (χ4n) is 1.88. The first-order valence-corrected chi connectivity index (χ1v) is 8.75. The van der Waals surface area contributed by atoms with Crippen LogP contribution in [0.5, 0.6) is 0 Å². The summed E-state index contributed by atoms with van der Waals surface area (Å²) in [6.45, 7) is 5.03. The Balaban J connectivity index is 2.93. The van der Waals surface area contributed by atoms with Crippen molar-refractivity contribution in [1.29, 1.82) is 0 Å². The van der Waals surface area contributed by atoms with E-state index in [0.29, 0.717) is 0 Å². The number of hydrogen-bond acceptors (Lipinski definition) is 1. The molecule has 0 saturated carbocycles. The number of nitrogens with zero attached hydrogens (tertiary/aromatic N) is 1. The Bertz CT molecular complexity index is 372. The highest BCUT2D eigenvalue weighted by molar-refractivity contribution is 9.28. The number of rotatable bonds is 6. The van der Waals surface area contributed by atoms with Crippen LogP contribution in [0.3, 0.4) is 0 Å². The minimum atomic E-state index is 0.130. The molecule has 1 aliphatic heterocycles. The lowest BCUT2D eigenvalue weighted by Crippen LogP contribution is -2.28. The van der Waals surface area contributed by atoms with Crippen LogP contribution in [0, 0.1) is 0 Å². The Kier molecular flexibility index (Phi) is 7.17. The highest BCUT2D eigenvalue weighted by Gasteiger charge is 2.32. The first-order chi connectivity index (χ1) is 8.52. The Morgan fingerprint density at radius 2 is 2.00 bits per heavy atom. The quantitative estimate of drug-likeness (QED) is 0.524. The lowest BCUT2D eigenvalue weighted by Gasteiger charge is -2.19. The maximum Gasteiger partial charge on any atom is 0.255 e. The van der Waals surface area contributed by atoms with Gasteiger partial charge in [-0.1, -0.05) is 42.6 Å². The van der Waals surface area contributed by atoms with E-state index in [1.807, 2.05) is 11.0 Å². The number of hydrogen-bond donors (Lipinski definition) is 0. The van der Waals surface area contributed by atoms with Crippen molar-refractivity contribution in [3.05, 3.63) is 20.7 Å². The Morgan fingerprint density at radius 1 is 1.33 bits per heavy atom. The van der Waals surface area contributed by atoms with Gasteiger partial charge in [-0.05, 0) is 50.8 Å². The lowest BCUT2D eigenvalue weighted by molar-refractivity contribution is -0.124. The van der Waals surface area contributed by atoms with Gasteiger partial charge < -0.3 is 4.90 Å². The van der Waals surface area contributed by atoms with E-state index in [-0.39, 0.29) is 10.7 Å². The van der Waals surface area contributed by atoms with Crippen molar-refractivity contribution in [2.24, 2.45) is 0 Å². The zero-order valence-electron chi connectivity index (χ0n) is 10.7. The number of amides is 1. The molecule has 5 heteroatoms. The van der Waals surface area contributed by atoms with E-state index in [4.69, 9.17) is 0 Å². The number of allylic oxidation sites excluding steroid dienone is 1. The summed E-state index contributed by atoms with van der Waals surface area (Å²) in [5.41, 5.74) is 1.79. The molecule has 102 valence electrons. The van der Waals surface area contributed by atoms with Gasteiger partial charge in [0.15, 0.2) is 0 Å². The standard InChI is InChI=1S/C13H18Br3NO/c1-3-5-7-17-11(12(15)16)8-9(13(17)18)10(14)6-4-2/h8,10H,3-7H2,1-2H3. The van der Waals surface area contributed by atoms with Gasteiger partial charge in [0.25, 0.3) is 5.91 Å². The van der Waals surface area contributed by atoms with E-state index in [9.17, 15) is 4.79 Å². The number of carbonyl (C=O) groups excluding carboxylic acids is 1. The average molecular weight is 444 g/mol. The van der Waals surface area contributed by atoms with Crippen LogP contribution in [0.4, 0.5) is 0 Å². The van der Waals surface area contributed by atoms with Gasteiger partial charge in [0.2, 0.25) is 0 Å². The predicted octanol–water partition coefficient (Wildman–Crippen LogP) is 5.08. The van der Waals surface area contributed by atoms with Crippen LogP contribution < -0.4 is 0 Å². The van der Waals surface area contributed by atoms with Crippen molar-refractivity contribution in [2.45, 2.75) is 44.4 Å². The van der Waals surface area contributed by atoms with E-state index in [2.05, 4.69) is 61.6 Å².